The van der Waals surface area contributed by atoms with Gasteiger partial charge in [0.15, 0.2) is 0 Å². The number of carboxylic acid groups (broad SMARTS) is 1. The van der Waals surface area contributed by atoms with Crippen LogP contribution in [0.2, 0.25) is 0 Å². The SMILES string of the molecule is CCCC(NC(=O)Nc1cccc(CNC)c1)C(=O)O. The zero-order valence-corrected chi connectivity index (χ0v) is 11.8. The molecule has 0 aliphatic carbocycles. The predicted octanol–water partition coefficient (Wildman–Crippen LogP) is 1.78. The van der Waals surface area contributed by atoms with Gasteiger partial charge in [0.1, 0.15) is 6.04 Å². The number of hydrogen-bond acceptors (Lipinski definition) is 3. The monoisotopic (exact) mass is 279 g/mol. The molecule has 0 aliphatic heterocycles. The summed E-state index contributed by atoms with van der Waals surface area (Å²) < 4.78 is 0. The van der Waals surface area contributed by atoms with E-state index in [-0.39, 0.29) is 0 Å². The fourth-order valence-electron chi connectivity index (χ4n) is 1.83. The van der Waals surface area contributed by atoms with E-state index in [0.717, 1.165) is 5.56 Å². The largest absolute Gasteiger partial charge is 0.480 e. The number of benzene rings is 1. The van der Waals surface area contributed by atoms with Crippen LogP contribution in [0.1, 0.15) is 25.3 Å². The number of carbonyl (C=O) groups is 2. The average molecular weight is 279 g/mol. The first-order valence-corrected chi connectivity index (χ1v) is 6.60. The molecule has 0 aliphatic rings. The minimum absolute atomic E-state index is 0.405. The van der Waals surface area contributed by atoms with Crippen molar-refractivity contribution >= 4 is 17.7 Å². The first-order chi connectivity index (χ1) is 9.56. The van der Waals surface area contributed by atoms with Crippen molar-refractivity contribution in [2.45, 2.75) is 32.4 Å². The van der Waals surface area contributed by atoms with Gasteiger partial charge in [-0.2, -0.15) is 0 Å². The fraction of sp³-hybridized carbons (Fsp3) is 0.429. The smallest absolute Gasteiger partial charge is 0.326 e. The van der Waals surface area contributed by atoms with Crippen molar-refractivity contribution < 1.29 is 14.7 Å². The van der Waals surface area contributed by atoms with Crippen molar-refractivity contribution in [2.75, 3.05) is 12.4 Å². The Hall–Kier alpha value is -2.08. The van der Waals surface area contributed by atoms with Crippen LogP contribution in [0.25, 0.3) is 0 Å². The van der Waals surface area contributed by atoms with Gasteiger partial charge < -0.3 is 21.1 Å². The van der Waals surface area contributed by atoms with Crippen LogP contribution in [0, 0.1) is 0 Å². The number of aliphatic carboxylic acids is 1. The molecule has 0 aromatic heterocycles. The van der Waals surface area contributed by atoms with E-state index in [1.807, 2.05) is 32.2 Å². The Morgan fingerprint density at radius 1 is 1.35 bits per heavy atom. The Kier molecular flexibility index (Phi) is 6.52. The molecule has 1 rings (SSSR count). The van der Waals surface area contributed by atoms with Gasteiger partial charge in [-0.25, -0.2) is 9.59 Å². The molecule has 0 saturated carbocycles. The van der Waals surface area contributed by atoms with Crippen LogP contribution >= 0.6 is 0 Å². The number of rotatable bonds is 7. The summed E-state index contributed by atoms with van der Waals surface area (Å²) in [4.78, 5) is 22.7. The van der Waals surface area contributed by atoms with E-state index in [9.17, 15) is 9.59 Å². The predicted molar refractivity (Wildman–Crippen MR) is 77.7 cm³/mol. The molecule has 110 valence electrons. The van der Waals surface area contributed by atoms with Gasteiger partial charge in [0.05, 0.1) is 0 Å². The minimum Gasteiger partial charge on any atom is -0.480 e. The second-order valence-corrected chi connectivity index (χ2v) is 4.51. The Labute approximate surface area is 118 Å². The van der Waals surface area contributed by atoms with Crippen LogP contribution in [-0.2, 0) is 11.3 Å². The second kappa shape index (κ2) is 8.16. The van der Waals surface area contributed by atoms with E-state index in [2.05, 4.69) is 16.0 Å². The molecular formula is C14H21N3O3. The van der Waals surface area contributed by atoms with Gasteiger partial charge >= 0.3 is 12.0 Å². The van der Waals surface area contributed by atoms with Crippen LogP contribution in [-0.4, -0.2) is 30.2 Å². The van der Waals surface area contributed by atoms with E-state index < -0.39 is 18.0 Å². The lowest BCUT2D eigenvalue weighted by molar-refractivity contribution is -0.139. The van der Waals surface area contributed by atoms with E-state index >= 15 is 0 Å². The first kappa shape index (κ1) is 16.0. The molecule has 1 atom stereocenters. The van der Waals surface area contributed by atoms with Crippen LogP contribution < -0.4 is 16.0 Å². The molecule has 0 spiro atoms. The molecule has 20 heavy (non-hydrogen) atoms. The van der Waals surface area contributed by atoms with Crippen molar-refractivity contribution in [1.82, 2.24) is 10.6 Å². The Morgan fingerprint density at radius 3 is 2.70 bits per heavy atom. The fourth-order valence-corrected chi connectivity index (χ4v) is 1.83. The maximum absolute atomic E-state index is 11.8. The molecule has 0 heterocycles. The molecular weight excluding hydrogens is 258 g/mol. The third-order valence-electron chi connectivity index (χ3n) is 2.75. The number of amides is 2. The number of urea groups is 1. The van der Waals surface area contributed by atoms with Crippen molar-refractivity contribution in [3.8, 4) is 0 Å². The standard InChI is InChI=1S/C14H21N3O3/c1-3-5-12(13(18)19)17-14(20)16-11-7-4-6-10(8-11)9-15-2/h4,6-8,12,15H,3,5,9H2,1-2H3,(H,18,19)(H2,16,17,20). The molecule has 1 unspecified atom stereocenters. The van der Waals surface area contributed by atoms with Gasteiger partial charge in [-0.3, -0.25) is 0 Å². The summed E-state index contributed by atoms with van der Waals surface area (Å²) in [6, 6.07) is 6.01. The average Bonchev–Trinajstić information content (AvgIpc) is 2.38. The molecule has 2 amide bonds. The zero-order valence-electron chi connectivity index (χ0n) is 11.8. The highest BCUT2D eigenvalue weighted by Gasteiger charge is 2.18. The molecule has 0 saturated heterocycles. The lowest BCUT2D eigenvalue weighted by atomic mass is 10.2. The topological polar surface area (TPSA) is 90.5 Å². The summed E-state index contributed by atoms with van der Waals surface area (Å²) in [7, 11) is 1.84. The summed E-state index contributed by atoms with van der Waals surface area (Å²) in [6.45, 7) is 2.57. The molecule has 1 aromatic rings. The van der Waals surface area contributed by atoms with E-state index in [1.54, 1.807) is 6.07 Å². The first-order valence-electron chi connectivity index (χ1n) is 6.60. The number of hydrogen-bond donors (Lipinski definition) is 4. The highest BCUT2D eigenvalue weighted by atomic mass is 16.4. The molecule has 4 N–H and O–H groups in total. The van der Waals surface area contributed by atoms with Gasteiger partial charge in [-0.1, -0.05) is 25.5 Å². The molecule has 6 nitrogen and oxygen atoms in total. The van der Waals surface area contributed by atoms with E-state index in [1.165, 1.54) is 0 Å². The lowest BCUT2D eigenvalue weighted by Gasteiger charge is -2.14. The lowest BCUT2D eigenvalue weighted by Crippen LogP contribution is -2.42. The molecule has 0 bridgehead atoms. The minimum atomic E-state index is -1.02. The van der Waals surface area contributed by atoms with Gasteiger partial charge in [-0.15, -0.1) is 0 Å². The maximum atomic E-state index is 11.8. The highest BCUT2D eigenvalue weighted by Crippen LogP contribution is 2.10. The summed E-state index contributed by atoms with van der Waals surface area (Å²) in [6.07, 6.45) is 1.09. The van der Waals surface area contributed by atoms with Crippen molar-refractivity contribution in [3.63, 3.8) is 0 Å². The van der Waals surface area contributed by atoms with Crippen molar-refractivity contribution in [1.29, 1.82) is 0 Å². The Morgan fingerprint density at radius 2 is 2.10 bits per heavy atom. The second-order valence-electron chi connectivity index (χ2n) is 4.51. The summed E-state index contributed by atoms with van der Waals surface area (Å²) in [5.41, 5.74) is 1.67. The van der Waals surface area contributed by atoms with Gasteiger partial charge in [0.2, 0.25) is 0 Å². The van der Waals surface area contributed by atoms with E-state index in [4.69, 9.17) is 5.11 Å². The summed E-state index contributed by atoms with van der Waals surface area (Å²) >= 11 is 0. The number of carbonyl (C=O) groups excluding carboxylic acids is 1. The van der Waals surface area contributed by atoms with Crippen LogP contribution in [0.15, 0.2) is 24.3 Å². The molecule has 0 fully saturated rings. The van der Waals surface area contributed by atoms with E-state index in [0.29, 0.717) is 25.1 Å². The van der Waals surface area contributed by atoms with Crippen LogP contribution in [0.4, 0.5) is 10.5 Å². The number of carboxylic acids is 1. The zero-order chi connectivity index (χ0) is 15.0. The third kappa shape index (κ3) is 5.27. The quantitative estimate of drug-likeness (QED) is 0.612. The molecule has 1 aromatic carbocycles. The van der Waals surface area contributed by atoms with Gasteiger partial charge in [0.25, 0.3) is 0 Å². The molecule has 6 heteroatoms. The maximum Gasteiger partial charge on any atom is 0.326 e. The Bertz CT molecular complexity index is 463. The summed E-state index contributed by atoms with van der Waals surface area (Å²) in [5.74, 6) is -1.02. The van der Waals surface area contributed by atoms with Crippen molar-refractivity contribution in [2.24, 2.45) is 0 Å². The van der Waals surface area contributed by atoms with Gasteiger partial charge in [0, 0.05) is 12.2 Å². The third-order valence-corrected chi connectivity index (χ3v) is 2.75. The molecule has 0 radical (unpaired) electrons. The van der Waals surface area contributed by atoms with Gasteiger partial charge in [-0.05, 0) is 31.2 Å². The highest BCUT2D eigenvalue weighted by molar-refractivity contribution is 5.92. The van der Waals surface area contributed by atoms with Crippen LogP contribution in [0.5, 0.6) is 0 Å². The number of nitrogens with one attached hydrogen (secondary N) is 3. The normalized spacial score (nSPS) is 11.7. The van der Waals surface area contributed by atoms with Crippen molar-refractivity contribution in [3.05, 3.63) is 29.8 Å². The Balaban J connectivity index is 2.61. The van der Waals surface area contributed by atoms with Crippen LogP contribution in [0.3, 0.4) is 0 Å². The number of anilines is 1. The summed E-state index contributed by atoms with van der Waals surface area (Å²) in [5, 5.41) is 17.1.